The van der Waals surface area contributed by atoms with Gasteiger partial charge >= 0.3 is 0 Å². The predicted molar refractivity (Wildman–Crippen MR) is 82.9 cm³/mol. The minimum atomic E-state index is -4.38. The average molecular weight is 367 g/mol. The number of halogens is 2. The Bertz CT molecular complexity index is 1010. The Morgan fingerprint density at radius 2 is 1.92 bits per heavy atom. The van der Waals surface area contributed by atoms with Crippen LogP contribution in [0.2, 0.25) is 0 Å². The van der Waals surface area contributed by atoms with Crippen LogP contribution in [0.4, 0.5) is 14.5 Å². The molecule has 0 fully saturated rings. The predicted octanol–water partition coefficient (Wildman–Crippen LogP) is 1.75. The number of rotatable bonds is 5. The van der Waals surface area contributed by atoms with E-state index in [9.17, 15) is 17.2 Å². The number of hydrogen-bond donors (Lipinski definition) is 1. The Kier molecular flexibility index (Phi) is 4.31. The standard InChI is InChI=1S/C14H11F2N5O3S/c1-24-12-6-9(15)5-11(16)13(12)25(22,23)20-10-7-19-21(8-10)14-17-3-2-4-18-14/h2-8,20H,1H3. The van der Waals surface area contributed by atoms with Crippen LogP contribution in [0.1, 0.15) is 0 Å². The van der Waals surface area contributed by atoms with Crippen molar-refractivity contribution in [3.63, 3.8) is 0 Å². The minimum Gasteiger partial charge on any atom is -0.495 e. The van der Waals surface area contributed by atoms with Gasteiger partial charge in [-0.3, -0.25) is 4.72 Å². The lowest BCUT2D eigenvalue weighted by Crippen LogP contribution is -2.16. The van der Waals surface area contributed by atoms with E-state index in [1.54, 1.807) is 6.07 Å². The fourth-order valence-corrected chi connectivity index (χ4v) is 3.29. The molecular formula is C14H11F2N5O3S. The maximum atomic E-state index is 14.0. The molecule has 3 rings (SSSR count). The van der Waals surface area contributed by atoms with Gasteiger partial charge in [-0.2, -0.15) is 5.10 Å². The van der Waals surface area contributed by atoms with Crippen molar-refractivity contribution in [1.29, 1.82) is 0 Å². The third-order valence-electron chi connectivity index (χ3n) is 3.05. The number of aromatic nitrogens is 4. The molecule has 0 saturated heterocycles. The molecule has 0 spiro atoms. The van der Waals surface area contributed by atoms with Gasteiger partial charge in [-0.05, 0) is 6.07 Å². The number of nitrogens with zero attached hydrogens (tertiary/aromatic N) is 4. The lowest BCUT2D eigenvalue weighted by Gasteiger charge is -2.11. The Balaban J connectivity index is 1.95. The summed E-state index contributed by atoms with van der Waals surface area (Å²) < 4.78 is 60.2. The summed E-state index contributed by atoms with van der Waals surface area (Å²) in [6.45, 7) is 0. The molecular weight excluding hydrogens is 356 g/mol. The van der Waals surface area contributed by atoms with E-state index in [1.165, 1.54) is 29.5 Å². The maximum absolute atomic E-state index is 14.0. The van der Waals surface area contributed by atoms with Crippen molar-refractivity contribution in [3.05, 3.63) is 54.6 Å². The molecule has 1 aromatic carbocycles. The lowest BCUT2D eigenvalue weighted by molar-refractivity contribution is 0.390. The zero-order valence-electron chi connectivity index (χ0n) is 12.7. The lowest BCUT2D eigenvalue weighted by atomic mass is 10.3. The highest BCUT2D eigenvalue weighted by Crippen LogP contribution is 2.29. The molecule has 0 aliphatic rings. The van der Waals surface area contributed by atoms with Crippen LogP contribution in [0.3, 0.4) is 0 Å². The van der Waals surface area contributed by atoms with Crippen LogP contribution in [0.15, 0.2) is 47.9 Å². The summed E-state index contributed by atoms with van der Waals surface area (Å²) in [5.74, 6) is -2.47. The second-order valence-electron chi connectivity index (χ2n) is 4.75. The van der Waals surface area contributed by atoms with E-state index in [-0.39, 0.29) is 11.6 Å². The van der Waals surface area contributed by atoms with Gasteiger partial charge in [0, 0.05) is 24.5 Å². The van der Waals surface area contributed by atoms with Crippen molar-refractivity contribution in [2.24, 2.45) is 0 Å². The number of sulfonamides is 1. The van der Waals surface area contributed by atoms with Crippen molar-refractivity contribution < 1.29 is 21.9 Å². The van der Waals surface area contributed by atoms with Crippen LogP contribution in [-0.4, -0.2) is 35.3 Å². The fourth-order valence-electron chi connectivity index (χ4n) is 2.05. The molecule has 11 heteroatoms. The summed E-state index contributed by atoms with van der Waals surface area (Å²) in [7, 11) is -3.27. The highest BCUT2D eigenvalue weighted by Gasteiger charge is 2.26. The second-order valence-corrected chi connectivity index (χ2v) is 6.37. The van der Waals surface area contributed by atoms with Crippen LogP contribution >= 0.6 is 0 Å². The van der Waals surface area contributed by atoms with Gasteiger partial charge in [0.25, 0.3) is 10.0 Å². The van der Waals surface area contributed by atoms with E-state index in [2.05, 4.69) is 19.8 Å². The maximum Gasteiger partial charge on any atom is 0.268 e. The first kappa shape index (κ1) is 16.8. The van der Waals surface area contributed by atoms with Crippen molar-refractivity contribution in [2.75, 3.05) is 11.8 Å². The zero-order chi connectivity index (χ0) is 18.0. The molecule has 0 aliphatic carbocycles. The van der Waals surface area contributed by atoms with Crippen LogP contribution in [0.25, 0.3) is 5.95 Å². The number of nitrogens with one attached hydrogen (secondary N) is 1. The normalized spacial score (nSPS) is 11.3. The summed E-state index contributed by atoms with van der Waals surface area (Å²) in [6.07, 6.45) is 5.49. The SMILES string of the molecule is COc1cc(F)cc(F)c1S(=O)(=O)Nc1cnn(-c2ncccn2)c1. The van der Waals surface area contributed by atoms with E-state index in [0.29, 0.717) is 6.07 Å². The number of anilines is 1. The largest absolute Gasteiger partial charge is 0.495 e. The molecule has 8 nitrogen and oxygen atoms in total. The fraction of sp³-hybridized carbons (Fsp3) is 0.0714. The summed E-state index contributed by atoms with van der Waals surface area (Å²) in [5.41, 5.74) is 0.0400. The van der Waals surface area contributed by atoms with Crippen LogP contribution in [-0.2, 0) is 10.0 Å². The number of ether oxygens (including phenoxy) is 1. The molecule has 130 valence electrons. The summed E-state index contributed by atoms with van der Waals surface area (Å²) >= 11 is 0. The van der Waals surface area contributed by atoms with E-state index in [4.69, 9.17) is 4.74 Å². The molecule has 0 saturated carbocycles. The molecule has 25 heavy (non-hydrogen) atoms. The zero-order valence-corrected chi connectivity index (χ0v) is 13.5. The first-order chi connectivity index (χ1) is 11.9. The molecule has 0 unspecified atom stereocenters. The number of hydrogen-bond acceptors (Lipinski definition) is 6. The monoisotopic (exact) mass is 367 g/mol. The van der Waals surface area contributed by atoms with E-state index in [1.807, 2.05) is 0 Å². The molecule has 3 aromatic rings. The Morgan fingerprint density at radius 3 is 2.60 bits per heavy atom. The summed E-state index contributed by atoms with van der Waals surface area (Å²) in [6, 6.07) is 2.84. The van der Waals surface area contributed by atoms with Gasteiger partial charge in [-0.25, -0.2) is 31.8 Å². The van der Waals surface area contributed by atoms with Gasteiger partial charge in [0.05, 0.1) is 25.2 Å². The minimum absolute atomic E-state index is 0.0400. The molecule has 0 atom stereocenters. The first-order valence-corrected chi connectivity index (χ1v) is 8.27. The molecule has 0 radical (unpaired) electrons. The summed E-state index contributed by atoms with van der Waals surface area (Å²) in [4.78, 5) is 7.11. The van der Waals surface area contributed by atoms with Gasteiger partial charge in [-0.1, -0.05) is 0 Å². The van der Waals surface area contributed by atoms with Crippen molar-refractivity contribution in [1.82, 2.24) is 19.7 Å². The molecule has 0 amide bonds. The quantitative estimate of drug-likeness (QED) is 0.738. The molecule has 2 heterocycles. The Labute approximate surface area is 141 Å². The first-order valence-electron chi connectivity index (χ1n) is 6.78. The third-order valence-corrected chi connectivity index (χ3v) is 4.49. The van der Waals surface area contributed by atoms with Gasteiger partial charge in [-0.15, -0.1) is 0 Å². The Morgan fingerprint density at radius 1 is 1.20 bits per heavy atom. The van der Waals surface area contributed by atoms with Crippen molar-refractivity contribution >= 4 is 15.7 Å². The van der Waals surface area contributed by atoms with Gasteiger partial charge in [0.2, 0.25) is 5.95 Å². The molecule has 0 aliphatic heterocycles. The topological polar surface area (TPSA) is 99.0 Å². The van der Waals surface area contributed by atoms with Crippen molar-refractivity contribution in [2.45, 2.75) is 4.90 Å². The smallest absolute Gasteiger partial charge is 0.268 e. The number of methoxy groups -OCH3 is 1. The van der Waals surface area contributed by atoms with Crippen LogP contribution < -0.4 is 9.46 Å². The van der Waals surface area contributed by atoms with E-state index in [0.717, 1.165) is 13.2 Å². The highest BCUT2D eigenvalue weighted by atomic mass is 32.2. The van der Waals surface area contributed by atoms with E-state index < -0.39 is 32.3 Å². The average Bonchev–Trinajstić information content (AvgIpc) is 3.02. The molecule has 1 N–H and O–H groups in total. The van der Waals surface area contributed by atoms with Crippen molar-refractivity contribution in [3.8, 4) is 11.7 Å². The van der Waals surface area contributed by atoms with Gasteiger partial charge in [0.1, 0.15) is 17.4 Å². The van der Waals surface area contributed by atoms with Gasteiger partial charge in [0.15, 0.2) is 4.90 Å². The highest BCUT2D eigenvalue weighted by molar-refractivity contribution is 7.92. The number of benzene rings is 1. The van der Waals surface area contributed by atoms with Crippen LogP contribution in [0, 0.1) is 11.6 Å². The Hall–Kier alpha value is -3.08. The second kappa shape index (κ2) is 6.43. The third kappa shape index (κ3) is 3.40. The molecule has 0 bridgehead atoms. The van der Waals surface area contributed by atoms with E-state index >= 15 is 0 Å². The van der Waals surface area contributed by atoms with Crippen LogP contribution in [0.5, 0.6) is 5.75 Å². The molecule has 2 aromatic heterocycles. The van der Waals surface area contributed by atoms with Gasteiger partial charge < -0.3 is 4.74 Å². The summed E-state index contributed by atoms with van der Waals surface area (Å²) in [5, 5.41) is 3.92.